The van der Waals surface area contributed by atoms with Crippen LogP contribution in [0, 0.1) is 0 Å². The number of fused-ring (bicyclic) bond motifs is 1. The van der Waals surface area contributed by atoms with Crippen molar-refractivity contribution in [2.75, 3.05) is 5.32 Å². The van der Waals surface area contributed by atoms with Gasteiger partial charge in [0.2, 0.25) is 5.91 Å². The van der Waals surface area contributed by atoms with Crippen LogP contribution >= 0.6 is 11.8 Å². The molecule has 0 aliphatic carbocycles. The topological polar surface area (TPSA) is 76.4 Å². The second kappa shape index (κ2) is 8.28. The normalized spacial score (nSPS) is 11.9. The molecule has 2 aromatic carbocycles. The number of nitrogens with one attached hydrogen (secondary N) is 1. The lowest BCUT2D eigenvalue weighted by atomic mass is 10.1. The third-order valence-electron chi connectivity index (χ3n) is 4.38. The van der Waals surface area contributed by atoms with E-state index in [0.717, 1.165) is 11.2 Å². The summed E-state index contributed by atoms with van der Waals surface area (Å²) in [6, 6.07) is 22.1. The number of Topliss-reactive ketones (excluding diaryl/α,β-unsaturated/α-hetero) is 1. The van der Waals surface area contributed by atoms with Crippen LogP contribution in [0.15, 0.2) is 84.1 Å². The fourth-order valence-electron chi connectivity index (χ4n) is 2.93. The van der Waals surface area contributed by atoms with E-state index >= 15 is 0 Å². The van der Waals surface area contributed by atoms with Crippen LogP contribution in [0.2, 0.25) is 0 Å². The summed E-state index contributed by atoms with van der Waals surface area (Å²) in [6.07, 6.45) is 1.87. The Kier molecular flexibility index (Phi) is 5.39. The largest absolute Gasteiger partial charge is 0.325 e. The van der Waals surface area contributed by atoms with Gasteiger partial charge in [-0.15, -0.1) is 10.2 Å². The number of rotatable bonds is 6. The number of benzene rings is 2. The van der Waals surface area contributed by atoms with Crippen LogP contribution in [0.4, 0.5) is 5.69 Å². The van der Waals surface area contributed by atoms with Crippen molar-refractivity contribution in [3.05, 3.63) is 90.1 Å². The molecule has 2 aromatic heterocycles. The molecule has 2 heterocycles. The molecule has 1 amide bonds. The third-order valence-corrected chi connectivity index (χ3v) is 5.59. The Morgan fingerprint density at radius 2 is 1.76 bits per heavy atom. The fourth-order valence-corrected chi connectivity index (χ4v) is 3.96. The van der Waals surface area contributed by atoms with Gasteiger partial charge in [-0.3, -0.25) is 14.0 Å². The molecule has 0 bridgehead atoms. The summed E-state index contributed by atoms with van der Waals surface area (Å²) in [4.78, 5) is 24.8. The summed E-state index contributed by atoms with van der Waals surface area (Å²) < 4.78 is 1.85. The van der Waals surface area contributed by atoms with Gasteiger partial charge in [-0.25, -0.2) is 0 Å². The van der Waals surface area contributed by atoms with Gasteiger partial charge in [0.15, 0.2) is 16.6 Å². The summed E-state index contributed by atoms with van der Waals surface area (Å²) in [6.45, 7) is 1.50. The van der Waals surface area contributed by atoms with Gasteiger partial charge in [0.1, 0.15) is 5.25 Å². The minimum Gasteiger partial charge on any atom is -0.325 e. The fraction of sp³-hybridized carbons (Fsp3) is 0.0909. The second-order valence-corrected chi connectivity index (χ2v) is 7.52. The van der Waals surface area contributed by atoms with Crippen molar-refractivity contribution in [3.8, 4) is 0 Å². The van der Waals surface area contributed by atoms with Gasteiger partial charge in [-0.1, -0.05) is 60.3 Å². The Balaban J connectivity index is 1.65. The molecule has 1 N–H and O–H groups in total. The predicted octanol–water partition coefficient (Wildman–Crippen LogP) is 4.40. The molecular formula is C22H18N4O2S. The average Bonchev–Trinajstić information content (AvgIpc) is 3.15. The Morgan fingerprint density at radius 3 is 2.55 bits per heavy atom. The monoisotopic (exact) mass is 402 g/mol. The number of carbonyl (C=O) groups excluding carboxylic acids is 2. The third kappa shape index (κ3) is 4.20. The van der Waals surface area contributed by atoms with Crippen LogP contribution in [-0.2, 0) is 4.79 Å². The highest BCUT2D eigenvalue weighted by molar-refractivity contribution is 8.00. The zero-order chi connectivity index (χ0) is 20.2. The molecule has 7 heteroatoms. The Labute approximate surface area is 172 Å². The molecule has 0 radical (unpaired) electrons. The van der Waals surface area contributed by atoms with Gasteiger partial charge in [-0.05, 0) is 36.8 Å². The van der Waals surface area contributed by atoms with Crippen molar-refractivity contribution >= 4 is 34.8 Å². The first-order chi connectivity index (χ1) is 14.1. The van der Waals surface area contributed by atoms with Gasteiger partial charge in [0.25, 0.3) is 0 Å². The average molecular weight is 402 g/mol. The van der Waals surface area contributed by atoms with Crippen molar-refractivity contribution < 1.29 is 9.59 Å². The van der Waals surface area contributed by atoms with E-state index in [1.54, 1.807) is 24.3 Å². The number of anilines is 1. The molecule has 0 aliphatic rings. The number of hydrogen-bond acceptors (Lipinski definition) is 5. The van der Waals surface area contributed by atoms with Crippen molar-refractivity contribution in [1.82, 2.24) is 14.6 Å². The highest BCUT2D eigenvalue weighted by Crippen LogP contribution is 2.35. The summed E-state index contributed by atoms with van der Waals surface area (Å²) in [5.74, 6) is -0.250. The van der Waals surface area contributed by atoms with Crippen LogP contribution < -0.4 is 5.32 Å². The number of carbonyl (C=O) groups is 2. The molecule has 29 heavy (non-hydrogen) atoms. The maximum Gasteiger partial charge on any atom is 0.242 e. The SMILES string of the molecule is CC(=O)c1cccc(NC(=O)[C@@H](Sc2nnc3ccccn23)c2ccccc2)c1. The zero-order valence-corrected chi connectivity index (χ0v) is 16.5. The van der Waals surface area contributed by atoms with Gasteiger partial charge in [-0.2, -0.15) is 0 Å². The maximum absolute atomic E-state index is 13.2. The summed E-state index contributed by atoms with van der Waals surface area (Å²) in [7, 11) is 0. The Hall–Kier alpha value is -3.45. The van der Waals surface area contributed by atoms with Gasteiger partial charge in [0, 0.05) is 17.4 Å². The molecule has 0 unspecified atom stereocenters. The molecule has 4 aromatic rings. The molecule has 144 valence electrons. The van der Waals surface area contributed by atoms with Crippen LogP contribution in [-0.4, -0.2) is 26.3 Å². The quantitative estimate of drug-likeness (QED) is 0.382. The van der Waals surface area contributed by atoms with Crippen LogP contribution in [0.5, 0.6) is 0 Å². The lowest BCUT2D eigenvalue weighted by molar-refractivity contribution is -0.115. The van der Waals surface area contributed by atoms with Crippen molar-refractivity contribution in [2.24, 2.45) is 0 Å². The van der Waals surface area contributed by atoms with Crippen LogP contribution in [0.3, 0.4) is 0 Å². The van der Waals surface area contributed by atoms with Crippen molar-refractivity contribution in [3.63, 3.8) is 0 Å². The van der Waals surface area contributed by atoms with E-state index in [9.17, 15) is 9.59 Å². The molecule has 0 spiro atoms. The van der Waals surface area contributed by atoms with Crippen LogP contribution in [0.25, 0.3) is 5.65 Å². The summed E-state index contributed by atoms with van der Waals surface area (Å²) in [5.41, 5.74) is 2.70. The minimum atomic E-state index is -0.537. The zero-order valence-electron chi connectivity index (χ0n) is 15.6. The van der Waals surface area contributed by atoms with E-state index < -0.39 is 5.25 Å². The predicted molar refractivity (Wildman–Crippen MR) is 113 cm³/mol. The first kappa shape index (κ1) is 18.9. The first-order valence-corrected chi connectivity index (χ1v) is 9.93. The summed E-state index contributed by atoms with van der Waals surface area (Å²) >= 11 is 1.33. The molecule has 1 atom stereocenters. The number of pyridine rings is 1. The molecule has 0 saturated heterocycles. The van der Waals surface area contributed by atoms with Crippen molar-refractivity contribution in [2.45, 2.75) is 17.3 Å². The molecule has 0 saturated carbocycles. The van der Waals surface area contributed by atoms with Gasteiger partial charge >= 0.3 is 0 Å². The van der Waals surface area contributed by atoms with E-state index in [1.165, 1.54) is 18.7 Å². The standard InChI is InChI=1S/C22H18N4O2S/c1-15(27)17-10-7-11-18(14-17)23-21(28)20(16-8-3-2-4-9-16)29-22-25-24-19-12-5-6-13-26(19)22/h2-14,20H,1H3,(H,23,28)/t20-/m0/s1. The lowest BCUT2D eigenvalue weighted by Gasteiger charge is -2.16. The van der Waals surface area contributed by atoms with Gasteiger partial charge in [0.05, 0.1) is 0 Å². The number of ketones is 1. The molecule has 4 rings (SSSR count). The minimum absolute atomic E-state index is 0.0509. The number of amides is 1. The molecule has 0 fully saturated rings. The Bertz CT molecular complexity index is 1170. The molecule has 0 aliphatic heterocycles. The second-order valence-electron chi connectivity index (χ2n) is 6.45. The van der Waals surface area contributed by atoms with Crippen LogP contribution in [0.1, 0.15) is 28.1 Å². The molecule has 6 nitrogen and oxygen atoms in total. The van der Waals surface area contributed by atoms with E-state index in [-0.39, 0.29) is 11.7 Å². The first-order valence-electron chi connectivity index (χ1n) is 9.05. The summed E-state index contributed by atoms with van der Waals surface area (Å²) in [5, 5.41) is 11.4. The van der Waals surface area contributed by atoms with E-state index in [4.69, 9.17) is 0 Å². The van der Waals surface area contributed by atoms with E-state index in [0.29, 0.717) is 16.4 Å². The lowest BCUT2D eigenvalue weighted by Crippen LogP contribution is -2.19. The Morgan fingerprint density at radius 1 is 0.966 bits per heavy atom. The number of hydrogen-bond donors (Lipinski definition) is 1. The van der Waals surface area contributed by atoms with E-state index in [1.807, 2.05) is 59.1 Å². The number of aromatic nitrogens is 3. The molecular weight excluding hydrogens is 384 g/mol. The smallest absolute Gasteiger partial charge is 0.242 e. The highest BCUT2D eigenvalue weighted by atomic mass is 32.2. The van der Waals surface area contributed by atoms with Gasteiger partial charge < -0.3 is 5.32 Å². The van der Waals surface area contributed by atoms with Crippen molar-refractivity contribution in [1.29, 1.82) is 0 Å². The number of thioether (sulfide) groups is 1. The van der Waals surface area contributed by atoms with E-state index in [2.05, 4.69) is 15.5 Å². The number of nitrogens with zero attached hydrogens (tertiary/aromatic N) is 3. The maximum atomic E-state index is 13.2. The highest BCUT2D eigenvalue weighted by Gasteiger charge is 2.24.